The first kappa shape index (κ1) is 22.6. The second-order valence-corrected chi connectivity index (χ2v) is 7.61. The van der Waals surface area contributed by atoms with Crippen molar-refractivity contribution in [2.24, 2.45) is 7.05 Å². The Morgan fingerprint density at radius 3 is 2.45 bits per heavy atom. The first-order chi connectivity index (χ1) is 15.7. The molecule has 12 heteroatoms. The number of carbonyl (C=O) groups excluding carboxylic acids is 1. The Hall–Kier alpha value is -3.57. The lowest BCUT2D eigenvalue weighted by atomic mass is 9.96. The van der Waals surface area contributed by atoms with Crippen LogP contribution in [-0.4, -0.2) is 58.1 Å². The molecule has 2 aromatic heterocycles. The number of piperidine rings is 1. The molecule has 0 saturated carbocycles. The summed E-state index contributed by atoms with van der Waals surface area (Å²) < 4.78 is 55.1. The van der Waals surface area contributed by atoms with Gasteiger partial charge in [-0.25, -0.2) is 0 Å². The van der Waals surface area contributed by atoms with Crippen LogP contribution in [0.5, 0.6) is 11.5 Å². The van der Waals surface area contributed by atoms with Crippen LogP contribution in [0, 0.1) is 0 Å². The first-order valence-corrected chi connectivity index (χ1v) is 10.2. The number of benzene rings is 1. The van der Waals surface area contributed by atoms with Gasteiger partial charge in [0.05, 0.1) is 19.9 Å². The van der Waals surface area contributed by atoms with Gasteiger partial charge in [-0.2, -0.15) is 18.3 Å². The molecule has 1 saturated heterocycles. The molecule has 1 aliphatic heterocycles. The first-order valence-electron chi connectivity index (χ1n) is 10.2. The second-order valence-electron chi connectivity index (χ2n) is 7.61. The third kappa shape index (κ3) is 4.50. The standard InChI is InChI=1S/C21H22F3N5O4/c1-28-16(11-15(27-28)14-10-13(31-2)4-5-17(14)32-3)19(30)29-8-6-12(7-9-29)18-25-26-20(33-18)21(22,23)24/h4-5,10-12H,6-9H2,1-3H3. The lowest BCUT2D eigenvalue weighted by Gasteiger charge is -2.30. The molecule has 3 aromatic rings. The number of alkyl halides is 3. The number of hydrogen-bond acceptors (Lipinski definition) is 7. The van der Waals surface area contributed by atoms with E-state index in [0.29, 0.717) is 54.4 Å². The van der Waals surface area contributed by atoms with Gasteiger partial charge in [-0.15, -0.1) is 10.2 Å². The Balaban J connectivity index is 1.48. The molecule has 0 aliphatic carbocycles. The minimum atomic E-state index is -4.68. The number of rotatable bonds is 5. The van der Waals surface area contributed by atoms with E-state index in [1.807, 2.05) is 0 Å². The third-order valence-corrected chi connectivity index (χ3v) is 5.60. The SMILES string of the molecule is COc1ccc(OC)c(-c2cc(C(=O)N3CCC(c4nnc(C(F)(F)F)o4)CC3)n(C)n2)c1. The molecule has 3 heterocycles. The molecule has 1 amide bonds. The van der Waals surface area contributed by atoms with Crippen LogP contribution >= 0.6 is 0 Å². The monoisotopic (exact) mass is 465 g/mol. The fourth-order valence-electron chi connectivity index (χ4n) is 3.82. The van der Waals surface area contributed by atoms with Gasteiger partial charge >= 0.3 is 12.1 Å². The van der Waals surface area contributed by atoms with Crippen molar-refractivity contribution >= 4 is 5.91 Å². The molecule has 0 atom stereocenters. The largest absolute Gasteiger partial charge is 0.497 e. The van der Waals surface area contributed by atoms with E-state index in [1.54, 1.807) is 50.4 Å². The second kappa shape index (κ2) is 8.75. The van der Waals surface area contributed by atoms with Gasteiger partial charge in [0.15, 0.2) is 0 Å². The number of halogens is 3. The van der Waals surface area contributed by atoms with Crippen molar-refractivity contribution in [3.63, 3.8) is 0 Å². The van der Waals surface area contributed by atoms with Crippen LogP contribution in [0.15, 0.2) is 28.7 Å². The summed E-state index contributed by atoms with van der Waals surface area (Å²) in [6.45, 7) is 0.687. The van der Waals surface area contributed by atoms with E-state index in [9.17, 15) is 18.0 Å². The Labute approximate surface area is 187 Å². The Kier molecular flexibility index (Phi) is 6.00. The molecule has 1 aliphatic rings. The molecule has 176 valence electrons. The molecule has 33 heavy (non-hydrogen) atoms. The van der Waals surface area contributed by atoms with Gasteiger partial charge in [0.1, 0.15) is 17.2 Å². The maximum atomic E-state index is 13.1. The van der Waals surface area contributed by atoms with E-state index < -0.39 is 12.1 Å². The lowest BCUT2D eigenvalue weighted by Crippen LogP contribution is -2.38. The average molecular weight is 465 g/mol. The summed E-state index contributed by atoms with van der Waals surface area (Å²) in [5.74, 6) is -0.750. The quantitative estimate of drug-likeness (QED) is 0.569. The molecule has 0 unspecified atom stereocenters. The molecule has 4 rings (SSSR count). The van der Waals surface area contributed by atoms with Gasteiger partial charge in [0.25, 0.3) is 5.91 Å². The summed E-state index contributed by atoms with van der Waals surface area (Å²) in [7, 11) is 4.78. The van der Waals surface area contributed by atoms with Crippen LogP contribution < -0.4 is 9.47 Å². The topological polar surface area (TPSA) is 95.5 Å². The van der Waals surface area contributed by atoms with Gasteiger partial charge in [-0.1, -0.05) is 0 Å². The highest BCUT2D eigenvalue weighted by atomic mass is 19.4. The number of hydrogen-bond donors (Lipinski definition) is 0. The van der Waals surface area contributed by atoms with E-state index >= 15 is 0 Å². The lowest BCUT2D eigenvalue weighted by molar-refractivity contribution is -0.157. The van der Waals surface area contributed by atoms with Crippen molar-refractivity contribution in [3.8, 4) is 22.8 Å². The summed E-state index contributed by atoms with van der Waals surface area (Å²) in [6, 6.07) is 6.99. The zero-order valence-electron chi connectivity index (χ0n) is 18.2. The van der Waals surface area contributed by atoms with Crippen LogP contribution in [0.1, 0.15) is 41.0 Å². The van der Waals surface area contributed by atoms with Crippen molar-refractivity contribution < 1.29 is 31.9 Å². The minimum absolute atomic E-state index is 0.0534. The number of aryl methyl sites for hydroxylation is 1. The normalized spacial score (nSPS) is 15.0. The zero-order chi connectivity index (χ0) is 23.8. The van der Waals surface area contributed by atoms with Crippen molar-refractivity contribution in [2.75, 3.05) is 27.3 Å². The van der Waals surface area contributed by atoms with Crippen LogP contribution in [0.2, 0.25) is 0 Å². The van der Waals surface area contributed by atoms with Gasteiger partial charge in [-0.3, -0.25) is 9.48 Å². The maximum Gasteiger partial charge on any atom is 0.470 e. The Morgan fingerprint density at radius 1 is 1.12 bits per heavy atom. The van der Waals surface area contributed by atoms with Crippen molar-refractivity contribution in [1.29, 1.82) is 0 Å². The Morgan fingerprint density at radius 2 is 1.85 bits per heavy atom. The molecule has 1 aromatic carbocycles. The molecule has 0 bridgehead atoms. The number of nitrogens with zero attached hydrogens (tertiary/aromatic N) is 5. The molecular formula is C21H22F3N5O4. The highest BCUT2D eigenvalue weighted by Gasteiger charge is 2.39. The van der Waals surface area contributed by atoms with Gasteiger partial charge in [0.2, 0.25) is 5.89 Å². The molecule has 1 fully saturated rings. The molecule has 0 N–H and O–H groups in total. The fourth-order valence-corrected chi connectivity index (χ4v) is 3.82. The molecule has 9 nitrogen and oxygen atoms in total. The van der Waals surface area contributed by atoms with E-state index in [2.05, 4.69) is 15.3 Å². The summed E-state index contributed by atoms with van der Waals surface area (Å²) in [6.07, 6.45) is -3.84. The van der Waals surface area contributed by atoms with E-state index in [4.69, 9.17) is 13.9 Å². The van der Waals surface area contributed by atoms with Crippen molar-refractivity contribution in [1.82, 2.24) is 24.9 Å². The summed E-state index contributed by atoms with van der Waals surface area (Å²) in [5, 5.41) is 11.1. The van der Waals surface area contributed by atoms with Crippen molar-refractivity contribution in [3.05, 3.63) is 41.7 Å². The highest BCUT2D eigenvalue weighted by molar-refractivity contribution is 5.94. The summed E-state index contributed by atoms with van der Waals surface area (Å²) >= 11 is 0. The highest BCUT2D eigenvalue weighted by Crippen LogP contribution is 2.35. The van der Waals surface area contributed by atoms with E-state index in [-0.39, 0.29) is 17.7 Å². The van der Waals surface area contributed by atoms with Gasteiger partial charge in [0, 0.05) is 31.6 Å². The number of ether oxygens (including phenoxy) is 2. The minimum Gasteiger partial charge on any atom is -0.497 e. The van der Waals surface area contributed by atoms with Crippen LogP contribution in [0.3, 0.4) is 0 Å². The summed E-state index contributed by atoms with van der Waals surface area (Å²) in [4.78, 5) is 14.8. The molecular weight excluding hydrogens is 443 g/mol. The summed E-state index contributed by atoms with van der Waals surface area (Å²) in [5.41, 5.74) is 1.62. The number of carbonyl (C=O) groups is 1. The van der Waals surface area contributed by atoms with Crippen LogP contribution in [0.25, 0.3) is 11.3 Å². The number of methoxy groups -OCH3 is 2. The number of aromatic nitrogens is 4. The fraction of sp³-hybridized carbons (Fsp3) is 0.429. The maximum absolute atomic E-state index is 13.1. The number of likely N-dealkylation sites (tertiary alicyclic amines) is 1. The Bertz CT molecular complexity index is 1150. The van der Waals surface area contributed by atoms with E-state index in [1.165, 1.54) is 4.68 Å². The third-order valence-electron chi connectivity index (χ3n) is 5.60. The van der Waals surface area contributed by atoms with Gasteiger partial charge in [-0.05, 0) is 37.1 Å². The predicted octanol–water partition coefficient (Wildman–Crippen LogP) is 3.53. The van der Waals surface area contributed by atoms with Crippen molar-refractivity contribution in [2.45, 2.75) is 24.9 Å². The molecule has 0 radical (unpaired) electrons. The smallest absolute Gasteiger partial charge is 0.470 e. The number of amides is 1. The van der Waals surface area contributed by atoms with E-state index in [0.717, 1.165) is 0 Å². The predicted molar refractivity (Wildman–Crippen MR) is 109 cm³/mol. The van der Waals surface area contributed by atoms with Crippen LogP contribution in [-0.2, 0) is 13.2 Å². The molecule has 0 spiro atoms. The average Bonchev–Trinajstić information content (AvgIpc) is 3.45. The zero-order valence-corrected chi connectivity index (χ0v) is 18.2. The van der Waals surface area contributed by atoms with Crippen LogP contribution in [0.4, 0.5) is 13.2 Å². The van der Waals surface area contributed by atoms with Gasteiger partial charge < -0.3 is 18.8 Å².